The highest BCUT2D eigenvalue weighted by atomic mass is 28.4. The van der Waals surface area contributed by atoms with Crippen molar-refractivity contribution >= 4 is 76.7 Å². The highest BCUT2D eigenvalue weighted by Crippen LogP contribution is 2.51. The molecule has 0 bridgehead atoms. The number of rotatable bonds is 47. The van der Waals surface area contributed by atoms with Gasteiger partial charge in [0.05, 0.1) is 39.6 Å². The van der Waals surface area contributed by atoms with Gasteiger partial charge in [-0.1, -0.05) is 75.5 Å². The van der Waals surface area contributed by atoms with Gasteiger partial charge in [-0.3, -0.25) is 24.0 Å². The Morgan fingerprint density at radius 3 is 1.15 bits per heavy atom. The van der Waals surface area contributed by atoms with Crippen LogP contribution in [0.5, 0.6) is 0 Å². The Morgan fingerprint density at radius 2 is 0.733 bits per heavy atom. The van der Waals surface area contributed by atoms with Crippen LogP contribution in [0.25, 0.3) is 0 Å². The highest BCUT2D eigenvalue weighted by molar-refractivity contribution is 6.84. The fourth-order valence-corrected chi connectivity index (χ4v) is 24.4. The van der Waals surface area contributed by atoms with E-state index in [0.717, 1.165) is 62.8 Å². The van der Waals surface area contributed by atoms with Crippen molar-refractivity contribution in [2.45, 2.75) is 241 Å². The summed E-state index contributed by atoms with van der Waals surface area (Å²) < 4.78 is 70.5. The molecule has 3 rings (SSSR count). The van der Waals surface area contributed by atoms with Crippen LogP contribution in [0.3, 0.4) is 0 Å². The molecular formula is C73H125N3O23Si2. The number of carbonyl (C=O) groups excluding carboxylic acids is 10. The maximum atomic E-state index is 13.1. The Balaban J connectivity index is 1.18. The van der Waals surface area contributed by atoms with E-state index >= 15 is 0 Å². The van der Waals surface area contributed by atoms with Gasteiger partial charge in [-0.05, 0) is 173 Å². The lowest BCUT2D eigenvalue weighted by molar-refractivity contribution is -0.151. The molecule has 0 heterocycles. The van der Waals surface area contributed by atoms with Crippen LogP contribution in [0.1, 0.15) is 191 Å². The molecule has 3 aliphatic carbocycles. The molecule has 0 saturated heterocycles. The number of hydrogen-bond acceptors (Lipinski definition) is 23. The number of carbonyl (C=O) groups is 10. The van der Waals surface area contributed by atoms with Crippen LogP contribution in [0.15, 0.2) is 25.3 Å². The van der Waals surface area contributed by atoms with Crippen molar-refractivity contribution in [3.05, 3.63) is 25.3 Å². The van der Waals surface area contributed by atoms with Crippen LogP contribution in [-0.2, 0) is 94.5 Å². The summed E-state index contributed by atoms with van der Waals surface area (Å²) in [6.45, 7) is 36.1. The number of nitrogens with one attached hydrogen (secondary N) is 3. The molecule has 3 N–H and O–H groups in total. The Hall–Kier alpha value is -6.11. The molecule has 3 aliphatic rings. The molecule has 0 aromatic carbocycles. The Bertz CT molecular complexity index is 2670. The van der Waals surface area contributed by atoms with Crippen molar-refractivity contribution in [3.63, 3.8) is 0 Å². The van der Waals surface area contributed by atoms with Crippen molar-refractivity contribution in [1.29, 1.82) is 0 Å². The zero-order chi connectivity index (χ0) is 75.4. The maximum Gasteiger partial charge on any atom is 0.407 e. The fourth-order valence-electron chi connectivity index (χ4n) is 15.6. The molecule has 0 aromatic heterocycles. The summed E-state index contributed by atoms with van der Waals surface area (Å²) in [6.07, 6.45) is 12.0. The van der Waals surface area contributed by atoms with Crippen LogP contribution < -0.4 is 16.0 Å². The topological polar surface area (TPSA) is 327 Å². The average Bonchev–Trinajstić information content (AvgIpc) is 0.814. The Labute approximate surface area is 602 Å². The van der Waals surface area contributed by atoms with E-state index in [-0.39, 0.29) is 193 Å². The van der Waals surface area contributed by atoms with Crippen molar-refractivity contribution < 1.29 is 109 Å². The van der Waals surface area contributed by atoms with Gasteiger partial charge in [-0.15, -0.1) is 0 Å². The third kappa shape index (κ3) is 41.1. The van der Waals surface area contributed by atoms with E-state index in [4.69, 9.17) is 61.0 Å². The molecule has 0 spiro atoms. The summed E-state index contributed by atoms with van der Waals surface area (Å²) >= 11 is 0. The van der Waals surface area contributed by atoms with Crippen LogP contribution in [0.4, 0.5) is 14.4 Å². The van der Waals surface area contributed by atoms with Crippen molar-refractivity contribution in [2.24, 2.45) is 38.4 Å². The second-order valence-electron chi connectivity index (χ2n) is 32.3. The van der Waals surface area contributed by atoms with Gasteiger partial charge in [-0.2, -0.15) is 0 Å². The quantitative estimate of drug-likeness (QED) is 0.0167. The van der Waals surface area contributed by atoms with Gasteiger partial charge in [0.15, 0.2) is 16.6 Å². The first-order valence-corrected chi connectivity index (χ1v) is 42.5. The molecule has 6 unspecified atom stereocenters. The number of alkyl carbamates (subject to hydrolysis) is 3. The number of esters is 7. The number of hydrogen-bond donors (Lipinski definition) is 3. The van der Waals surface area contributed by atoms with E-state index in [0.29, 0.717) is 64.3 Å². The largest absolute Gasteiger partial charge is 0.463 e. The minimum atomic E-state index is -2.13. The first-order valence-electron chi connectivity index (χ1n) is 36.2. The lowest BCUT2D eigenvalue weighted by Crippen LogP contribution is -2.47. The molecule has 0 aliphatic heterocycles. The minimum Gasteiger partial charge on any atom is -0.463 e. The Morgan fingerprint density at radius 1 is 0.386 bits per heavy atom. The molecule has 0 aromatic rings. The monoisotopic (exact) mass is 1470 g/mol. The predicted octanol–water partition coefficient (Wildman–Crippen LogP) is 12.1. The first kappa shape index (κ1) is 89.1. The van der Waals surface area contributed by atoms with Gasteiger partial charge in [0, 0.05) is 62.9 Å². The summed E-state index contributed by atoms with van der Waals surface area (Å²) in [5, 5.41) is 9.03. The normalized spacial score (nSPS) is 22.1. The molecule has 578 valence electrons. The average molecular weight is 1470 g/mol. The van der Waals surface area contributed by atoms with Crippen molar-refractivity contribution in [3.8, 4) is 0 Å². The number of unbranched alkanes of at least 4 members (excludes halogenated alkanes) is 1. The second-order valence-corrected chi connectivity index (χ2v) is 41.2. The summed E-state index contributed by atoms with van der Waals surface area (Å²) in [5.41, 5.74) is -0.923. The zero-order valence-electron chi connectivity index (χ0n) is 63.4. The third-order valence-corrected chi connectivity index (χ3v) is 25.9. The van der Waals surface area contributed by atoms with Gasteiger partial charge in [0.2, 0.25) is 0 Å². The molecule has 3 amide bonds. The highest BCUT2D eigenvalue weighted by Gasteiger charge is 2.45. The van der Waals surface area contributed by atoms with E-state index in [1.54, 1.807) is 0 Å². The van der Waals surface area contributed by atoms with Crippen molar-refractivity contribution in [1.82, 2.24) is 16.0 Å². The molecule has 26 nitrogen and oxygen atoms in total. The van der Waals surface area contributed by atoms with Gasteiger partial charge in [0.25, 0.3) is 0 Å². The van der Waals surface area contributed by atoms with Gasteiger partial charge in [0.1, 0.15) is 52.9 Å². The summed E-state index contributed by atoms with van der Waals surface area (Å²) in [4.78, 5) is 123. The molecule has 6 atom stereocenters. The van der Waals surface area contributed by atoms with E-state index in [1.807, 2.05) is 0 Å². The molecule has 101 heavy (non-hydrogen) atoms. The van der Waals surface area contributed by atoms with Crippen molar-refractivity contribution in [2.75, 3.05) is 99.0 Å². The van der Waals surface area contributed by atoms with Crippen LogP contribution in [0.2, 0.25) is 38.3 Å². The summed E-state index contributed by atoms with van der Waals surface area (Å²) in [6, 6.07) is 1.39. The van der Waals surface area contributed by atoms with Crippen LogP contribution >= 0.6 is 0 Å². The first-order chi connectivity index (χ1) is 47.2. The van der Waals surface area contributed by atoms with Gasteiger partial charge >= 0.3 is 60.1 Å². The predicted molar refractivity (Wildman–Crippen MR) is 382 cm³/mol. The summed E-state index contributed by atoms with van der Waals surface area (Å²) in [7, 11) is -4.26. The lowest BCUT2D eigenvalue weighted by atomic mass is 9.60. The summed E-state index contributed by atoms with van der Waals surface area (Å²) in [5.74, 6) is -3.03. The van der Waals surface area contributed by atoms with Crippen LogP contribution in [-0.4, -0.2) is 188 Å². The maximum absolute atomic E-state index is 13.1. The van der Waals surface area contributed by atoms with Crippen LogP contribution in [0, 0.1) is 38.4 Å². The SMILES string of the molecule is C=CC(=O)OCCOC(=O)CCC1(C)CC(NC(=O)OCCC[Si](C)(C)O[Si](C)(C)CCCOC(=O)NC2CC(C)(C)CC(C)(CCC(=O)OCCOCCOC(=O)CCCCC(=O)OCCOCCOC(=O)NCC3(C)CC(CC(=O)OCCOC(=O)C=C)CC(C)(C)C3)C2)CC(C)(C)C1. The van der Waals surface area contributed by atoms with E-state index in [2.05, 4.69) is 118 Å². The number of amides is 3. The minimum absolute atomic E-state index is 0.00360. The molecule has 28 heteroatoms. The molecule has 0 radical (unpaired) electrons. The molecule has 3 fully saturated rings. The third-order valence-electron chi connectivity index (χ3n) is 18.4. The standard InChI is InChI=1S/C73H125N3O23Si2/c1-16-58(77)89-38-40-94-63(82)25-27-72(10)50-57(48-70(7,8)52-72)76-67(86)97-29-21-43-101(14,15)99-100(12,13)42-20-28-96-66(85)75-56-47-69(5,6)51-71(9,49-56)26-24-62(81)93-36-32-87-30-34-91-60(79)22-18-19-23-61(80)92-35-31-88-33-37-98-65(84)74-54-73(11)46-55(45-68(3,4)53-73)44-64(83)95-41-39-90-59(78)17-2/h16-17,55-57H,1-2,18-54H2,3-15H3,(H,74,84)(H,75,85)(H,76,86). The molecule has 3 saturated carbocycles. The zero-order valence-corrected chi connectivity index (χ0v) is 65.4. The van der Waals surface area contributed by atoms with E-state index in [9.17, 15) is 47.9 Å². The van der Waals surface area contributed by atoms with Gasteiger partial charge < -0.3 is 76.9 Å². The van der Waals surface area contributed by atoms with Gasteiger partial charge in [-0.25, -0.2) is 24.0 Å². The fraction of sp³-hybridized carbons (Fsp3) is 0.808. The number of ether oxygens (including phenoxy) is 12. The smallest absolute Gasteiger partial charge is 0.407 e. The molecular weight excluding hydrogens is 1340 g/mol. The Kier molecular flexibility index (Phi) is 38.7. The van der Waals surface area contributed by atoms with E-state index in [1.165, 1.54) is 0 Å². The van der Waals surface area contributed by atoms with E-state index < -0.39 is 58.8 Å². The second kappa shape index (κ2) is 43.9. The lowest BCUT2D eigenvalue weighted by Gasteiger charge is -2.46.